The van der Waals surface area contributed by atoms with Gasteiger partial charge in [0.05, 0.1) is 10.7 Å². The Labute approximate surface area is 149 Å². The third kappa shape index (κ3) is 4.13. The number of rotatable bonds is 4. The molecule has 1 heterocycles. The fourth-order valence-corrected chi connectivity index (χ4v) is 2.01. The van der Waals surface area contributed by atoms with Crippen molar-refractivity contribution in [2.75, 3.05) is 5.43 Å². The van der Waals surface area contributed by atoms with Gasteiger partial charge in [0.1, 0.15) is 11.5 Å². The molecule has 0 aliphatic carbocycles. The highest BCUT2D eigenvalue weighted by Crippen LogP contribution is 2.26. The van der Waals surface area contributed by atoms with Gasteiger partial charge < -0.3 is 9.37 Å². The molecule has 0 saturated heterocycles. The second-order valence-electron chi connectivity index (χ2n) is 5.94. The Balaban J connectivity index is 2.24. The highest BCUT2D eigenvalue weighted by Gasteiger charge is 2.25. The first-order valence-corrected chi connectivity index (χ1v) is 7.66. The molecular formula is C16H14Cl2N4O2. The Morgan fingerprint density at radius 2 is 2.04 bits per heavy atom. The first kappa shape index (κ1) is 18.0. The first-order chi connectivity index (χ1) is 11.2. The lowest BCUT2D eigenvalue weighted by molar-refractivity contribution is 0.105. The third-order valence-electron chi connectivity index (χ3n) is 3.00. The van der Waals surface area contributed by atoms with Gasteiger partial charge >= 0.3 is 5.84 Å². The Kier molecular flexibility index (Phi) is 5.27. The molecule has 6 nitrogen and oxygen atoms in total. The maximum Gasteiger partial charge on any atom is 0.343 e. The molecular weight excluding hydrogens is 351 g/mol. The largest absolute Gasteiger partial charge is 0.360 e. The summed E-state index contributed by atoms with van der Waals surface area (Å²) >= 11 is 11.9. The molecule has 0 fully saturated rings. The molecule has 0 aliphatic rings. The van der Waals surface area contributed by atoms with Gasteiger partial charge in [-0.25, -0.2) is 5.43 Å². The first-order valence-electron chi connectivity index (χ1n) is 6.90. The zero-order chi connectivity index (χ0) is 17.9. The van der Waals surface area contributed by atoms with E-state index in [0.29, 0.717) is 21.5 Å². The highest BCUT2D eigenvalue weighted by molar-refractivity contribution is 6.48. The molecule has 0 unspecified atom stereocenters. The fraction of sp³-hybridized carbons (Fsp3) is 0.250. The molecule has 0 spiro atoms. The Morgan fingerprint density at radius 3 is 2.62 bits per heavy atom. The normalized spacial score (nSPS) is 11.9. The van der Waals surface area contributed by atoms with Crippen molar-refractivity contribution in [3.8, 4) is 0 Å². The van der Waals surface area contributed by atoms with E-state index in [1.54, 1.807) is 12.1 Å². The Hall–Kier alpha value is -2.36. The minimum absolute atomic E-state index is 0.0219. The van der Waals surface area contributed by atoms with Crippen molar-refractivity contribution in [1.82, 2.24) is 5.16 Å². The summed E-state index contributed by atoms with van der Waals surface area (Å²) in [7, 11) is 0. The summed E-state index contributed by atoms with van der Waals surface area (Å²) in [5.41, 5.74) is 2.68. The Bertz CT molecular complexity index is 844. The van der Waals surface area contributed by atoms with Crippen LogP contribution >= 0.6 is 23.2 Å². The smallest absolute Gasteiger partial charge is 0.343 e. The molecule has 1 aromatic heterocycles. The topological polar surface area (TPSA) is 71.8 Å². The van der Waals surface area contributed by atoms with Crippen LogP contribution in [0.15, 0.2) is 33.9 Å². The van der Waals surface area contributed by atoms with Crippen molar-refractivity contribution < 1.29 is 9.32 Å². The number of hydrogen-bond donors (Lipinski definition) is 1. The molecule has 0 atom stereocenters. The molecule has 0 aliphatic heterocycles. The number of aromatic nitrogens is 1. The van der Waals surface area contributed by atoms with Crippen LogP contribution in [0.4, 0.5) is 5.69 Å². The van der Waals surface area contributed by atoms with Gasteiger partial charge in [-0.1, -0.05) is 55.7 Å². The molecule has 2 rings (SSSR count). The molecule has 124 valence electrons. The summed E-state index contributed by atoms with van der Waals surface area (Å²) in [5, 5.41) is 8.32. The Morgan fingerprint density at radius 1 is 1.33 bits per heavy atom. The van der Waals surface area contributed by atoms with E-state index in [9.17, 15) is 4.79 Å². The van der Waals surface area contributed by atoms with Crippen LogP contribution in [-0.4, -0.2) is 16.8 Å². The summed E-state index contributed by atoms with van der Waals surface area (Å²) in [4.78, 5) is 15.5. The number of hydrazone groups is 1. The number of nitrogens with one attached hydrogen (secondary N) is 1. The van der Waals surface area contributed by atoms with Crippen LogP contribution in [0.1, 0.15) is 37.0 Å². The van der Waals surface area contributed by atoms with E-state index in [0.717, 1.165) is 0 Å². The maximum atomic E-state index is 12.3. The van der Waals surface area contributed by atoms with Crippen molar-refractivity contribution in [3.63, 3.8) is 0 Å². The average molecular weight is 365 g/mol. The van der Waals surface area contributed by atoms with Gasteiger partial charge in [0.2, 0.25) is 5.78 Å². The lowest BCUT2D eigenvalue weighted by Crippen LogP contribution is -2.13. The standard InChI is InChI=1S/C16H14Cl2N4O2/c1-16(2,3)13-8-12(22-24-13)14(23)15(19-4)21-20-11-7-9(17)5-6-10(11)18/h5-8,20H,1-3H3/b21-15-. The lowest BCUT2D eigenvalue weighted by atomic mass is 9.93. The van der Waals surface area contributed by atoms with Gasteiger partial charge in [-0.15, -0.1) is 0 Å². The zero-order valence-electron chi connectivity index (χ0n) is 13.2. The van der Waals surface area contributed by atoms with Crippen LogP contribution in [0, 0.1) is 6.57 Å². The third-order valence-corrected chi connectivity index (χ3v) is 3.57. The number of carbonyl (C=O) groups excluding carboxylic acids is 1. The van der Waals surface area contributed by atoms with Crippen molar-refractivity contribution in [2.24, 2.45) is 5.10 Å². The molecule has 1 aromatic carbocycles. The number of anilines is 1. The van der Waals surface area contributed by atoms with Gasteiger partial charge in [-0.3, -0.25) is 4.79 Å². The number of halogens is 2. The van der Waals surface area contributed by atoms with E-state index >= 15 is 0 Å². The van der Waals surface area contributed by atoms with Crippen molar-refractivity contribution in [2.45, 2.75) is 26.2 Å². The van der Waals surface area contributed by atoms with Gasteiger partial charge in [0, 0.05) is 16.5 Å². The van der Waals surface area contributed by atoms with Gasteiger partial charge in [0.25, 0.3) is 0 Å². The van der Waals surface area contributed by atoms with E-state index in [2.05, 4.69) is 20.5 Å². The van der Waals surface area contributed by atoms with Crippen LogP contribution < -0.4 is 5.43 Å². The molecule has 0 bridgehead atoms. The summed E-state index contributed by atoms with van der Waals surface area (Å²) < 4.78 is 5.15. The molecule has 1 N–H and O–H groups in total. The maximum absolute atomic E-state index is 12.3. The average Bonchev–Trinajstić information content (AvgIpc) is 3.01. The highest BCUT2D eigenvalue weighted by atomic mass is 35.5. The van der Waals surface area contributed by atoms with Gasteiger partial charge in [-0.05, 0) is 23.3 Å². The van der Waals surface area contributed by atoms with Crippen molar-refractivity contribution in [1.29, 1.82) is 0 Å². The van der Waals surface area contributed by atoms with E-state index in [-0.39, 0.29) is 16.9 Å². The molecule has 0 saturated carbocycles. The van der Waals surface area contributed by atoms with Gasteiger partial charge in [-0.2, -0.15) is 0 Å². The van der Waals surface area contributed by atoms with E-state index in [4.69, 9.17) is 34.3 Å². The number of hydrogen-bond acceptors (Lipinski definition) is 5. The van der Waals surface area contributed by atoms with Crippen LogP contribution in [0.2, 0.25) is 10.0 Å². The monoisotopic (exact) mass is 364 g/mol. The predicted molar refractivity (Wildman–Crippen MR) is 93.7 cm³/mol. The zero-order valence-corrected chi connectivity index (χ0v) is 14.7. The minimum atomic E-state index is -0.644. The van der Waals surface area contributed by atoms with E-state index < -0.39 is 5.78 Å². The number of Topliss-reactive ketones (excluding diaryl/α,β-unsaturated/α-hetero) is 1. The molecule has 2 aromatic rings. The summed E-state index contributed by atoms with van der Waals surface area (Å²) in [5.74, 6) is -0.490. The molecule has 0 amide bonds. The summed E-state index contributed by atoms with van der Waals surface area (Å²) in [6.07, 6.45) is 0. The van der Waals surface area contributed by atoms with Crippen LogP contribution in [0.5, 0.6) is 0 Å². The van der Waals surface area contributed by atoms with E-state index in [1.165, 1.54) is 12.1 Å². The van der Waals surface area contributed by atoms with E-state index in [1.807, 2.05) is 20.8 Å². The summed E-state index contributed by atoms with van der Waals surface area (Å²) in [6, 6.07) is 6.24. The second kappa shape index (κ2) is 7.04. The number of ketones is 1. The summed E-state index contributed by atoms with van der Waals surface area (Å²) in [6.45, 7) is 12.9. The number of benzene rings is 1. The SMILES string of the molecule is [C-]#[N+]/C(=N\Nc1cc(Cl)ccc1Cl)C(=O)c1cc(C(C)(C)C)on1. The van der Waals surface area contributed by atoms with Crippen LogP contribution in [0.3, 0.4) is 0 Å². The van der Waals surface area contributed by atoms with Crippen LogP contribution in [-0.2, 0) is 5.41 Å². The number of carbonyl (C=O) groups is 1. The van der Waals surface area contributed by atoms with Gasteiger partial charge in [0.15, 0.2) is 0 Å². The second-order valence-corrected chi connectivity index (χ2v) is 6.78. The number of amidine groups is 1. The molecule has 24 heavy (non-hydrogen) atoms. The predicted octanol–water partition coefficient (Wildman–Crippen LogP) is 4.81. The minimum Gasteiger partial charge on any atom is -0.360 e. The number of nitrogens with zero attached hydrogens (tertiary/aromatic N) is 3. The molecule has 0 radical (unpaired) electrons. The lowest BCUT2D eigenvalue weighted by Gasteiger charge is -2.11. The van der Waals surface area contributed by atoms with Crippen molar-refractivity contribution >= 4 is 40.5 Å². The quantitative estimate of drug-likeness (QED) is 0.278. The van der Waals surface area contributed by atoms with Crippen LogP contribution in [0.25, 0.3) is 4.85 Å². The molecule has 8 heteroatoms. The van der Waals surface area contributed by atoms with Crippen molar-refractivity contribution in [3.05, 3.63) is 57.2 Å². The fourth-order valence-electron chi connectivity index (χ4n) is 1.67.